The fraction of sp³-hybridized carbons (Fsp3) is 0.364. The van der Waals surface area contributed by atoms with E-state index in [0.717, 1.165) is 52.9 Å². The molecule has 1 aliphatic carbocycles. The molecule has 0 radical (unpaired) electrons. The van der Waals surface area contributed by atoms with Crippen LogP contribution in [0.15, 0.2) is 110 Å². The van der Waals surface area contributed by atoms with Crippen molar-refractivity contribution in [3.8, 4) is 11.1 Å². The molecule has 53 heavy (non-hydrogen) atoms. The van der Waals surface area contributed by atoms with E-state index in [9.17, 15) is 14.7 Å². The molecule has 4 aromatic rings. The molecule has 5 N–H and O–H groups in total. The number of hydrogen-bond donors (Lipinski definition) is 4. The van der Waals surface area contributed by atoms with Crippen LogP contribution in [0.3, 0.4) is 0 Å². The number of hydrogen-bond acceptors (Lipinski definition) is 7. The van der Waals surface area contributed by atoms with Crippen LogP contribution in [0.5, 0.6) is 0 Å². The Bertz CT molecular complexity index is 1810. The number of anilines is 2. The average Bonchev–Trinajstić information content (AvgIpc) is 3.73. The number of nitrogens with one attached hydrogen (secondary N) is 2. The molecular weight excluding hydrogens is 665 g/mol. The molecule has 2 fully saturated rings. The molecule has 0 spiro atoms. The van der Waals surface area contributed by atoms with Crippen molar-refractivity contribution in [2.24, 2.45) is 0 Å². The highest BCUT2D eigenvalue weighted by molar-refractivity contribution is 5.94. The summed E-state index contributed by atoms with van der Waals surface area (Å²) in [6.45, 7) is 6.06. The Hall–Kier alpha value is -4.80. The third-order valence-corrected chi connectivity index (χ3v) is 10.3. The van der Waals surface area contributed by atoms with Gasteiger partial charge in [-0.15, -0.1) is 6.58 Å². The van der Waals surface area contributed by atoms with Gasteiger partial charge in [0, 0.05) is 50.5 Å². The van der Waals surface area contributed by atoms with Crippen LogP contribution < -0.4 is 16.4 Å². The van der Waals surface area contributed by atoms with Crippen molar-refractivity contribution in [3.05, 3.63) is 132 Å². The van der Waals surface area contributed by atoms with Crippen molar-refractivity contribution in [1.82, 2.24) is 10.2 Å². The highest BCUT2D eigenvalue weighted by Crippen LogP contribution is 2.39. The normalized spacial score (nSPS) is 18.9. The first-order valence-electron chi connectivity index (χ1n) is 18.8. The Morgan fingerprint density at radius 2 is 1.57 bits per heavy atom. The van der Waals surface area contributed by atoms with Gasteiger partial charge in [-0.1, -0.05) is 104 Å². The summed E-state index contributed by atoms with van der Waals surface area (Å²) in [6, 6.07) is 32.0. The largest absolute Gasteiger partial charge is 0.397 e. The molecule has 278 valence electrons. The molecule has 3 atom stereocenters. The zero-order chi connectivity index (χ0) is 37.0. The zero-order valence-corrected chi connectivity index (χ0v) is 30.4. The van der Waals surface area contributed by atoms with Crippen LogP contribution in [0.1, 0.15) is 86.0 Å². The van der Waals surface area contributed by atoms with E-state index in [4.69, 9.17) is 15.2 Å². The lowest BCUT2D eigenvalue weighted by molar-refractivity contribution is -0.253. The molecule has 2 amide bonds. The van der Waals surface area contributed by atoms with Gasteiger partial charge in [-0.05, 0) is 59.2 Å². The number of aliphatic hydroxyl groups is 1. The van der Waals surface area contributed by atoms with Crippen LogP contribution >= 0.6 is 0 Å². The smallest absolute Gasteiger partial charge is 0.224 e. The number of para-hydroxylation sites is 2. The van der Waals surface area contributed by atoms with Crippen LogP contribution in [-0.2, 0) is 32.2 Å². The monoisotopic (exact) mass is 716 g/mol. The topological polar surface area (TPSA) is 126 Å². The van der Waals surface area contributed by atoms with E-state index in [1.165, 1.54) is 25.7 Å². The molecule has 9 heteroatoms. The summed E-state index contributed by atoms with van der Waals surface area (Å²) >= 11 is 0. The Morgan fingerprint density at radius 3 is 2.30 bits per heavy atom. The summed E-state index contributed by atoms with van der Waals surface area (Å²) in [6.07, 6.45) is 7.87. The minimum Gasteiger partial charge on any atom is -0.397 e. The van der Waals surface area contributed by atoms with Gasteiger partial charge >= 0.3 is 0 Å². The number of aliphatic hydroxyl groups excluding tert-OH is 1. The van der Waals surface area contributed by atoms with Gasteiger partial charge in [-0.3, -0.25) is 14.5 Å². The number of benzene rings is 4. The maximum atomic E-state index is 12.7. The maximum Gasteiger partial charge on any atom is 0.224 e. The number of amides is 2. The average molecular weight is 717 g/mol. The van der Waals surface area contributed by atoms with Crippen molar-refractivity contribution >= 4 is 23.2 Å². The highest BCUT2D eigenvalue weighted by Gasteiger charge is 2.34. The summed E-state index contributed by atoms with van der Waals surface area (Å²) < 4.78 is 13.3. The second kappa shape index (κ2) is 18.8. The second-order valence-electron chi connectivity index (χ2n) is 14.1. The minimum absolute atomic E-state index is 0.00607. The number of rotatable bonds is 16. The number of carbonyl (C=O) groups excluding carboxylic acids is 2. The SMILES string of the molecule is C=CCN(C[C@@H]1C[C@H](c2ccc(CO)cc2)O[C@H](c2ccc(-c3ccccc3CNC(=O)CCCC(=O)Nc3ccccc3N)cc2)O1)C1CCCC1. The van der Waals surface area contributed by atoms with Gasteiger partial charge in [-0.25, -0.2) is 0 Å². The Labute approximate surface area is 313 Å². The summed E-state index contributed by atoms with van der Waals surface area (Å²) in [7, 11) is 0. The summed E-state index contributed by atoms with van der Waals surface area (Å²) in [4.78, 5) is 27.6. The van der Waals surface area contributed by atoms with E-state index in [1.54, 1.807) is 12.1 Å². The molecule has 1 saturated carbocycles. The highest BCUT2D eigenvalue weighted by atomic mass is 16.7. The lowest BCUT2D eigenvalue weighted by atomic mass is 9.97. The summed E-state index contributed by atoms with van der Waals surface area (Å²) in [5.41, 5.74) is 12.9. The van der Waals surface area contributed by atoms with E-state index in [0.29, 0.717) is 30.4 Å². The van der Waals surface area contributed by atoms with Crippen molar-refractivity contribution in [2.75, 3.05) is 24.1 Å². The Balaban J connectivity index is 1.09. The molecule has 6 rings (SSSR count). The maximum absolute atomic E-state index is 12.7. The van der Waals surface area contributed by atoms with E-state index in [2.05, 4.69) is 52.4 Å². The molecule has 9 nitrogen and oxygen atoms in total. The predicted molar refractivity (Wildman–Crippen MR) is 210 cm³/mol. The van der Waals surface area contributed by atoms with Gasteiger partial charge in [0.2, 0.25) is 11.8 Å². The quantitative estimate of drug-likeness (QED) is 0.0688. The van der Waals surface area contributed by atoms with Crippen LogP contribution in [0, 0.1) is 0 Å². The Kier molecular flexibility index (Phi) is 13.5. The van der Waals surface area contributed by atoms with Gasteiger partial charge in [0.25, 0.3) is 0 Å². The third kappa shape index (κ3) is 10.4. The number of carbonyl (C=O) groups is 2. The summed E-state index contributed by atoms with van der Waals surface area (Å²) in [5, 5.41) is 15.4. The van der Waals surface area contributed by atoms with Crippen LogP contribution in [0.25, 0.3) is 11.1 Å². The van der Waals surface area contributed by atoms with Gasteiger partial charge in [0.05, 0.1) is 30.2 Å². The van der Waals surface area contributed by atoms with Gasteiger partial charge in [0.1, 0.15) is 0 Å². The number of ether oxygens (including phenoxy) is 2. The number of nitrogen functional groups attached to an aromatic ring is 1. The standard InChI is InChI=1S/C44H52N4O5/c1-2-26-48(36-11-4-5-12-36)29-37-27-41(33-20-18-31(30-49)19-21-33)53-44(52-37)34-24-22-32(23-25-34)38-13-6-3-10-35(38)28-46-42(50)16-9-17-43(51)47-40-15-8-7-14-39(40)45/h2-3,6-8,10,13-15,18-25,36-37,41,44,49H,1,4-5,9,11-12,16-17,26-30,45H2,(H,46,50)(H,47,51)/t37-,41+,44+/m0/s1. The Morgan fingerprint density at radius 1 is 0.868 bits per heavy atom. The fourth-order valence-corrected chi connectivity index (χ4v) is 7.39. The van der Waals surface area contributed by atoms with Crippen LogP contribution in [0.2, 0.25) is 0 Å². The van der Waals surface area contributed by atoms with Crippen molar-refractivity contribution in [1.29, 1.82) is 0 Å². The molecule has 1 heterocycles. The number of nitrogens with zero attached hydrogens (tertiary/aromatic N) is 1. The van der Waals surface area contributed by atoms with Crippen molar-refractivity contribution < 1.29 is 24.2 Å². The molecule has 0 bridgehead atoms. The number of nitrogens with two attached hydrogens (primary N) is 1. The second-order valence-corrected chi connectivity index (χ2v) is 14.1. The molecule has 2 aliphatic rings. The zero-order valence-electron chi connectivity index (χ0n) is 30.4. The molecule has 0 aromatic heterocycles. The van der Waals surface area contributed by atoms with E-state index in [-0.39, 0.29) is 43.5 Å². The van der Waals surface area contributed by atoms with Gasteiger partial charge in [0.15, 0.2) is 6.29 Å². The first-order chi connectivity index (χ1) is 25.9. The molecular formula is C44H52N4O5. The third-order valence-electron chi connectivity index (χ3n) is 10.3. The van der Waals surface area contributed by atoms with Crippen LogP contribution in [-0.4, -0.2) is 47.1 Å². The molecule has 4 aromatic carbocycles. The van der Waals surface area contributed by atoms with E-state index < -0.39 is 6.29 Å². The van der Waals surface area contributed by atoms with E-state index in [1.807, 2.05) is 60.7 Å². The lowest BCUT2D eigenvalue weighted by Gasteiger charge is -2.39. The molecule has 1 saturated heterocycles. The van der Waals surface area contributed by atoms with E-state index >= 15 is 0 Å². The van der Waals surface area contributed by atoms with Crippen LogP contribution in [0.4, 0.5) is 11.4 Å². The first kappa shape index (κ1) is 37.9. The van der Waals surface area contributed by atoms with Crippen molar-refractivity contribution in [3.63, 3.8) is 0 Å². The lowest BCUT2D eigenvalue weighted by Crippen LogP contribution is -2.43. The van der Waals surface area contributed by atoms with Gasteiger partial charge < -0.3 is 30.9 Å². The predicted octanol–water partition coefficient (Wildman–Crippen LogP) is 7.83. The molecule has 0 unspecified atom stereocenters. The van der Waals surface area contributed by atoms with Crippen molar-refractivity contribution in [2.45, 2.75) is 89.1 Å². The molecule has 1 aliphatic heterocycles. The fourth-order valence-electron chi connectivity index (χ4n) is 7.39. The van der Waals surface area contributed by atoms with Gasteiger partial charge in [-0.2, -0.15) is 0 Å². The summed E-state index contributed by atoms with van der Waals surface area (Å²) in [5.74, 6) is -0.279. The first-order valence-corrected chi connectivity index (χ1v) is 18.8. The minimum atomic E-state index is -0.541.